The first-order valence-electron chi connectivity index (χ1n) is 15.2. The Hall–Kier alpha value is -5.37. The molecule has 2 aliphatic heterocycles. The molecule has 1 saturated heterocycles. The predicted octanol–water partition coefficient (Wildman–Crippen LogP) is 6.71. The van der Waals surface area contributed by atoms with Crippen LogP contribution in [0.3, 0.4) is 0 Å². The molecule has 1 aromatic heterocycles. The number of hydrogen-bond donors (Lipinski definition) is 2. The van der Waals surface area contributed by atoms with E-state index in [2.05, 4.69) is 54.5 Å². The third-order valence-corrected chi connectivity index (χ3v) is 8.94. The third-order valence-electron chi connectivity index (χ3n) is 8.94. The number of ether oxygens (including phenoxy) is 1. The number of aromatic amines is 1. The zero-order valence-corrected chi connectivity index (χ0v) is 25.4. The Kier molecular flexibility index (Phi) is 7.12. The lowest BCUT2D eigenvalue weighted by Crippen LogP contribution is -2.44. The highest BCUT2D eigenvalue weighted by Gasteiger charge is 2.53. The fraction of sp³-hybridized carbons (Fsp3) is 0.216. The number of amides is 4. The summed E-state index contributed by atoms with van der Waals surface area (Å²) in [6, 6.07) is 28.9. The molecular formula is C37H34N4O4. The lowest BCUT2D eigenvalue weighted by atomic mass is 9.88. The Bertz CT molecular complexity index is 1940. The van der Waals surface area contributed by atoms with Crippen molar-refractivity contribution in [1.29, 1.82) is 0 Å². The zero-order chi connectivity index (χ0) is 31.2. The molecule has 0 saturated carbocycles. The standard InChI is InChI=1S/C37H34N4O4/c1-22(2)24-15-17-25(18-16-24)34-33-29(27-11-4-6-13-30(27)39-33)20-32-36(43)41(37(44)40(32)34)31-14-7-5-12-28(31)35(42)38-21-23-9-8-10-26(19-23)45-3/h4-19,22,32,34,39H,20-21H2,1-3H3,(H,38,42)/t32-,34?/m0/s1. The molecule has 2 N–H and O–H groups in total. The van der Waals surface area contributed by atoms with Gasteiger partial charge in [-0.15, -0.1) is 0 Å². The molecule has 0 radical (unpaired) electrons. The molecule has 226 valence electrons. The van der Waals surface area contributed by atoms with Crippen molar-refractivity contribution in [2.75, 3.05) is 12.0 Å². The number of H-pyrrole nitrogens is 1. The number of imide groups is 1. The molecule has 7 rings (SSSR count). The van der Waals surface area contributed by atoms with Gasteiger partial charge in [-0.05, 0) is 58.5 Å². The van der Waals surface area contributed by atoms with Crippen molar-refractivity contribution in [3.8, 4) is 5.75 Å². The zero-order valence-electron chi connectivity index (χ0n) is 25.4. The maximum Gasteiger partial charge on any atom is 0.332 e. The Balaban J connectivity index is 1.26. The Labute approximate surface area is 261 Å². The Morgan fingerprint density at radius 1 is 0.956 bits per heavy atom. The number of urea groups is 1. The molecule has 1 fully saturated rings. The van der Waals surface area contributed by atoms with Gasteiger partial charge >= 0.3 is 6.03 Å². The summed E-state index contributed by atoms with van der Waals surface area (Å²) in [4.78, 5) is 48.7. The predicted molar refractivity (Wildman–Crippen MR) is 173 cm³/mol. The number of aromatic nitrogens is 1. The van der Waals surface area contributed by atoms with E-state index >= 15 is 0 Å². The molecular weight excluding hydrogens is 564 g/mol. The van der Waals surface area contributed by atoms with Crippen molar-refractivity contribution < 1.29 is 19.1 Å². The van der Waals surface area contributed by atoms with Crippen molar-refractivity contribution in [3.05, 3.63) is 131 Å². The minimum absolute atomic E-state index is 0.253. The van der Waals surface area contributed by atoms with E-state index in [1.54, 1.807) is 36.3 Å². The maximum atomic E-state index is 14.4. The van der Waals surface area contributed by atoms with Crippen LogP contribution in [0, 0.1) is 0 Å². The van der Waals surface area contributed by atoms with E-state index in [1.165, 1.54) is 10.5 Å². The van der Waals surface area contributed by atoms with Crippen molar-refractivity contribution in [3.63, 3.8) is 0 Å². The van der Waals surface area contributed by atoms with E-state index in [4.69, 9.17) is 4.74 Å². The molecule has 2 aliphatic rings. The lowest BCUT2D eigenvalue weighted by molar-refractivity contribution is -0.120. The van der Waals surface area contributed by atoms with Crippen molar-refractivity contribution in [2.24, 2.45) is 0 Å². The quantitative estimate of drug-likeness (QED) is 0.204. The molecule has 0 spiro atoms. The summed E-state index contributed by atoms with van der Waals surface area (Å²) < 4.78 is 5.30. The van der Waals surface area contributed by atoms with Gasteiger partial charge < -0.3 is 15.0 Å². The number of carbonyl (C=O) groups is 3. The third kappa shape index (κ3) is 4.83. The summed E-state index contributed by atoms with van der Waals surface area (Å²) in [6.45, 7) is 4.55. The first kappa shape index (κ1) is 28.4. The van der Waals surface area contributed by atoms with Gasteiger partial charge in [-0.1, -0.05) is 80.6 Å². The van der Waals surface area contributed by atoms with E-state index in [0.717, 1.165) is 33.3 Å². The lowest BCUT2D eigenvalue weighted by Gasteiger charge is -2.36. The van der Waals surface area contributed by atoms with Gasteiger partial charge in [0.15, 0.2) is 0 Å². The van der Waals surface area contributed by atoms with Crippen molar-refractivity contribution >= 4 is 34.4 Å². The number of rotatable bonds is 7. The SMILES string of the molecule is COc1cccc(CNC(=O)c2ccccc2N2C(=O)[C@@H]3Cc4c([nH]c5ccccc45)C(c4ccc(C(C)C)cc4)N3C2=O)c1. The maximum absolute atomic E-state index is 14.4. The second kappa shape index (κ2) is 11.3. The minimum Gasteiger partial charge on any atom is -0.497 e. The van der Waals surface area contributed by atoms with E-state index in [1.807, 2.05) is 42.5 Å². The summed E-state index contributed by atoms with van der Waals surface area (Å²) in [7, 11) is 1.59. The van der Waals surface area contributed by atoms with Gasteiger partial charge in [-0.3, -0.25) is 14.5 Å². The first-order chi connectivity index (χ1) is 21.9. The average molecular weight is 599 g/mol. The number of nitrogens with zero attached hydrogens (tertiary/aromatic N) is 2. The van der Waals surface area contributed by atoms with Crippen LogP contribution in [-0.2, 0) is 17.8 Å². The highest BCUT2D eigenvalue weighted by Crippen LogP contribution is 2.45. The number of carbonyl (C=O) groups excluding carboxylic acids is 3. The number of fused-ring (bicyclic) bond motifs is 4. The summed E-state index contributed by atoms with van der Waals surface area (Å²) in [5, 5.41) is 3.99. The van der Waals surface area contributed by atoms with Gasteiger partial charge in [0.05, 0.1) is 18.4 Å². The van der Waals surface area contributed by atoms with Crippen LogP contribution < -0.4 is 15.0 Å². The molecule has 4 amide bonds. The molecule has 8 heteroatoms. The van der Waals surface area contributed by atoms with Crippen LogP contribution in [0.5, 0.6) is 5.75 Å². The minimum atomic E-state index is -0.716. The molecule has 45 heavy (non-hydrogen) atoms. The van der Waals surface area contributed by atoms with E-state index in [0.29, 0.717) is 18.1 Å². The molecule has 4 aromatic carbocycles. The smallest absolute Gasteiger partial charge is 0.332 e. The fourth-order valence-electron chi connectivity index (χ4n) is 6.63. The van der Waals surface area contributed by atoms with E-state index in [9.17, 15) is 14.4 Å². The summed E-state index contributed by atoms with van der Waals surface area (Å²) in [6.07, 6.45) is 0.380. The number of anilines is 1. The summed E-state index contributed by atoms with van der Waals surface area (Å²) in [5.41, 5.74) is 6.43. The van der Waals surface area contributed by atoms with Gasteiger partial charge in [0.1, 0.15) is 17.8 Å². The normalized spacial score (nSPS) is 17.5. The molecule has 2 atom stereocenters. The van der Waals surface area contributed by atoms with E-state index in [-0.39, 0.29) is 29.6 Å². The Morgan fingerprint density at radius 3 is 2.49 bits per heavy atom. The van der Waals surface area contributed by atoms with Crippen molar-refractivity contribution in [2.45, 2.75) is 44.8 Å². The van der Waals surface area contributed by atoms with Crippen LogP contribution in [0.25, 0.3) is 10.9 Å². The van der Waals surface area contributed by atoms with Crippen molar-refractivity contribution in [1.82, 2.24) is 15.2 Å². The van der Waals surface area contributed by atoms with Crippen LogP contribution in [-0.4, -0.2) is 40.9 Å². The molecule has 1 unspecified atom stereocenters. The topological polar surface area (TPSA) is 94.7 Å². The van der Waals surface area contributed by atoms with Gasteiger partial charge in [0, 0.05) is 29.6 Å². The second-order valence-corrected chi connectivity index (χ2v) is 11.9. The van der Waals surface area contributed by atoms with Crippen LogP contribution in [0.2, 0.25) is 0 Å². The van der Waals surface area contributed by atoms with Gasteiger partial charge in [-0.2, -0.15) is 0 Å². The number of para-hydroxylation sites is 2. The highest BCUT2D eigenvalue weighted by molar-refractivity contribution is 6.24. The Morgan fingerprint density at radius 2 is 1.71 bits per heavy atom. The van der Waals surface area contributed by atoms with Gasteiger partial charge in [-0.25, -0.2) is 9.69 Å². The number of benzene rings is 4. The van der Waals surface area contributed by atoms with Gasteiger partial charge in [0.2, 0.25) is 0 Å². The number of methoxy groups -OCH3 is 1. The largest absolute Gasteiger partial charge is 0.497 e. The first-order valence-corrected chi connectivity index (χ1v) is 15.2. The van der Waals surface area contributed by atoms with Crippen LogP contribution in [0.1, 0.15) is 64.1 Å². The van der Waals surface area contributed by atoms with Crippen LogP contribution >= 0.6 is 0 Å². The molecule has 8 nitrogen and oxygen atoms in total. The molecule has 5 aromatic rings. The fourth-order valence-corrected chi connectivity index (χ4v) is 6.63. The monoisotopic (exact) mass is 598 g/mol. The number of hydrogen-bond acceptors (Lipinski definition) is 4. The summed E-state index contributed by atoms with van der Waals surface area (Å²) in [5.74, 6) is 0.334. The molecule has 3 heterocycles. The highest BCUT2D eigenvalue weighted by atomic mass is 16.5. The summed E-state index contributed by atoms with van der Waals surface area (Å²) >= 11 is 0. The molecule has 0 aliphatic carbocycles. The number of nitrogens with one attached hydrogen (secondary N) is 2. The molecule has 0 bridgehead atoms. The van der Waals surface area contributed by atoms with E-state index < -0.39 is 18.1 Å². The van der Waals surface area contributed by atoms with Crippen LogP contribution in [0.4, 0.5) is 10.5 Å². The van der Waals surface area contributed by atoms with Crippen LogP contribution in [0.15, 0.2) is 97.1 Å². The average Bonchev–Trinajstić information content (AvgIpc) is 3.56. The van der Waals surface area contributed by atoms with Gasteiger partial charge in [0.25, 0.3) is 11.8 Å². The second-order valence-electron chi connectivity index (χ2n) is 11.9.